The second-order valence-electron chi connectivity index (χ2n) is 5.42. The number of hydrogen-bond acceptors (Lipinski definition) is 2. The molecule has 2 aliphatic rings. The average Bonchev–Trinajstić information content (AvgIpc) is 3.11. The van der Waals surface area contributed by atoms with Crippen molar-refractivity contribution < 1.29 is 4.79 Å². The molecule has 106 valence electrons. The lowest BCUT2D eigenvalue weighted by Crippen LogP contribution is -2.43. The fraction of sp³-hybridized carbons (Fsp3) is 0.643. The van der Waals surface area contributed by atoms with Crippen LogP contribution in [0.4, 0.5) is 0 Å². The smallest absolute Gasteiger partial charge is 0.270 e. The van der Waals surface area contributed by atoms with Crippen molar-refractivity contribution in [3.63, 3.8) is 0 Å². The number of carbonyl (C=O) groups is 1. The minimum Gasteiger partial charge on any atom is -0.357 e. The summed E-state index contributed by atoms with van der Waals surface area (Å²) < 4.78 is 0. The van der Waals surface area contributed by atoms with Crippen molar-refractivity contribution in [2.75, 3.05) is 19.6 Å². The van der Waals surface area contributed by atoms with Crippen molar-refractivity contribution in [3.05, 3.63) is 24.0 Å². The van der Waals surface area contributed by atoms with Gasteiger partial charge in [0.15, 0.2) is 0 Å². The van der Waals surface area contributed by atoms with Crippen molar-refractivity contribution in [3.8, 4) is 0 Å². The zero-order chi connectivity index (χ0) is 12.4. The van der Waals surface area contributed by atoms with Crippen LogP contribution in [0.25, 0.3) is 0 Å². The molecular formula is C14H22ClN3O. The maximum Gasteiger partial charge on any atom is 0.270 e. The van der Waals surface area contributed by atoms with Gasteiger partial charge in [0.2, 0.25) is 0 Å². The number of nitrogens with zero attached hydrogens (tertiary/aromatic N) is 1. The summed E-state index contributed by atoms with van der Waals surface area (Å²) in [7, 11) is 0. The van der Waals surface area contributed by atoms with Crippen molar-refractivity contribution in [1.82, 2.24) is 15.2 Å². The highest BCUT2D eigenvalue weighted by Crippen LogP contribution is 2.26. The first kappa shape index (κ1) is 14.4. The third kappa shape index (κ3) is 3.12. The van der Waals surface area contributed by atoms with Gasteiger partial charge >= 0.3 is 0 Å². The Morgan fingerprint density at radius 1 is 1.26 bits per heavy atom. The van der Waals surface area contributed by atoms with Crippen molar-refractivity contribution in [2.24, 2.45) is 5.92 Å². The number of likely N-dealkylation sites (tertiary alicyclic amines) is 1. The van der Waals surface area contributed by atoms with Gasteiger partial charge in [-0.1, -0.05) is 0 Å². The van der Waals surface area contributed by atoms with Gasteiger partial charge in [0.05, 0.1) is 0 Å². The highest BCUT2D eigenvalue weighted by molar-refractivity contribution is 5.92. The molecule has 5 heteroatoms. The number of halogens is 1. The number of piperidine rings is 1. The number of rotatable bonds is 2. The summed E-state index contributed by atoms with van der Waals surface area (Å²) in [6, 6.07) is 4.43. The van der Waals surface area contributed by atoms with Crippen molar-refractivity contribution >= 4 is 18.3 Å². The van der Waals surface area contributed by atoms with Gasteiger partial charge in [-0.2, -0.15) is 0 Å². The minimum atomic E-state index is 0. The van der Waals surface area contributed by atoms with E-state index in [2.05, 4.69) is 10.3 Å². The molecule has 0 radical (unpaired) electrons. The monoisotopic (exact) mass is 283 g/mol. The predicted octanol–water partition coefficient (Wildman–Crippen LogP) is 2.04. The normalized spacial score (nSPS) is 24.2. The second kappa shape index (κ2) is 6.44. The fourth-order valence-corrected chi connectivity index (χ4v) is 3.25. The van der Waals surface area contributed by atoms with E-state index >= 15 is 0 Å². The van der Waals surface area contributed by atoms with Crippen LogP contribution in [0.3, 0.4) is 0 Å². The Morgan fingerprint density at radius 3 is 2.63 bits per heavy atom. The fourth-order valence-electron chi connectivity index (χ4n) is 3.25. The third-order valence-electron chi connectivity index (χ3n) is 4.32. The molecule has 0 bridgehead atoms. The predicted molar refractivity (Wildman–Crippen MR) is 77.7 cm³/mol. The van der Waals surface area contributed by atoms with Crippen molar-refractivity contribution in [1.29, 1.82) is 0 Å². The number of aromatic amines is 1. The lowest BCUT2D eigenvalue weighted by Gasteiger charge is -2.34. The average molecular weight is 284 g/mol. The van der Waals surface area contributed by atoms with Crippen LogP contribution in [0.5, 0.6) is 0 Å². The molecule has 0 aromatic carbocycles. The molecular weight excluding hydrogens is 262 g/mol. The van der Waals surface area contributed by atoms with E-state index in [4.69, 9.17) is 0 Å². The Morgan fingerprint density at radius 2 is 2.05 bits per heavy atom. The summed E-state index contributed by atoms with van der Waals surface area (Å²) in [5.74, 6) is 0.915. The first-order valence-electron chi connectivity index (χ1n) is 7.00. The van der Waals surface area contributed by atoms with Crippen LogP contribution in [-0.4, -0.2) is 41.5 Å². The van der Waals surface area contributed by atoms with Crippen LogP contribution in [-0.2, 0) is 0 Å². The van der Waals surface area contributed by atoms with E-state index in [-0.39, 0.29) is 18.3 Å². The highest BCUT2D eigenvalue weighted by atomic mass is 35.5. The number of carbonyl (C=O) groups excluding carboxylic acids is 1. The molecule has 19 heavy (non-hydrogen) atoms. The lowest BCUT2D eigenvalue weighted by atomic mass is 9.88. The van der Waals surface area contributed by atoms with Gasteiger partial charge in [-0.3, -0.25) is 4.79 Å². The van der Waals surface area contributed by atoms with E-state index in [1.165, 1.54) is 19.4 Å². The van der Waals surface area contributed by atoms with E-state index < -0.39 is 0 Å². The number of aromatic nitrogens is 1. The van der Waals surface area contributed by atoms with Crippen molar-refractivity contribution in [2.45, 2.75) is 31.7 Å². The number of hydrogen-bond donors (Lipinski definition) is 2. The quantitative estimate of drug-likeness (QED) is 0.873. The molecule has 0 saturated carbocycles. The van der Waals surface area contributed by atoms with Gasteiger partial charge in [-0.25, -0.2) is 0 Å². The molecule has 2 aliphatic heterocycles. The summed E-state index contributed by atoms with van der Waals surface area (Å²) in [5, 5.41) is 3.59. The Hall–Kier alpha value is -1.00. The summed E-state index contributed by atoms with van der Waals surface area (Å²) in [6.07, 6.45) is 6.72. The lowest BCUT2D eigenvalue weighted by molar-refractivity contribution is 0.0669. The van der Waals surface area contributed by atoms with E-state index in [1.807, 2.05) is 23.2 Å². The largest absolute Gasteiger partial charge is 0.357 e. The maximum absolute atomic E-state index is 12.2. The molecule has 1 aromatic heterocycles. The van der Waals surface area contributed by atoms with Crippen LogP contribution in [0.2, 0.25) is 0 Å². The molecule has 4 nitrogen and oxygen atoms in total. The Kier molecular flexibility index (Phi) is 4.88. The molecule has 1 atom stereocenters. The first-order valence-corrected chi connectivity index (χ1v) is 7.00. The van der Waals surface area contributed by atoms with Crippen LogP contribution < -0.4 is 5.32 Å². The summed E-state index contributed by atoms with van der Waals surface area (Å²) in [4.78, 5) is 17.1. The Labute approximate surface area is 120 Å². The molecule has 3 heterocycles. The number of nitrogens with one attached hydrogen (secondary N) is 2. The summed E-state index contributed by atoms with van der Waals surface area (Å²) >= 11 is 0. The highest BCUT2D eigenvalue weighted by Gasteiger charge is 2.30. The first-order chi connectivity index (χ1) is 8.84. The zero-order valence-corrected chi connectivity index (χ0v) is 11.9. The van der Waals surface area contributed by atoms with E-state index in [9.17, 15) is 4.79 Å². The molecule has 1 aromatic rings. The van der Waals surface area contributed by atoms with Gasteiger partial charge in [0, 0.05) is 25.3 Å². The maximum atomic E-state index is 12.2. The van der Waals surface area contributed by atoms with Gasteiger partial charge in [0.1, 0.15) is 5.69 Å². The van der Waals surface area contributed by atoms with Crippen LogP contribution >= 0.6 is 12.4 Å². The van der Waals surface area contributed by atoms with Crippen LogP contribution in [0.1, 0.15) is 36.2 Å². The number of H-pyrrole nitrogens is 1. The topological polar surface area (TPSA) is 48.1 Å². The molecule has 2 saturated heterocycles. The zero-order valence-electron chi connectivity index (χ0n) is 11.1. The molecule has 0 aliphatic carbocycles. The summed E-state index contributed by atoms with van der Waals surface area (Å²) in [6.45, 7) is 2.98. The minimum absolute atomic E-state index is 0. The molecule has 1 amide bonds. The van der Waals surface area contributed by atoms with E-state index in [0.717, 1.165) is 31.8 Å². The molecule has 2 N–H and O–H groups in total. The number of amides is 1. The van der Waals surface area contributed by atoms with Gasteiger partial charge in [0.25, 0.3) is 5.91 Å². The summed E-state index contributed by atoms with van der Waals surface area (Å²) in [5.41, 5.74) is 0.715. The second-order valence-corrected chi connectivity index (χ2v) is 5.42. The van der Waals surface area contributed by atoms with Crippen LogP contribution in [0.15, 0.2) is 18.3 Å². The van der Waals surface area contributed by atoms with E-state index in [0.29, 0.717) is 11.7 Å². The van der Waals surface area contributed by atoms with Gasteiger partial charge in [-0.15, -0.1) is 12.4 Å². The molecule has 0 spiro atoms. The standard InChI is InChI=1S/C14H21N3O.ClH/c18-14(13-4-2-8-16-13)17-9-5-11(6-10-17)12-3-1-7-15-12;/h2,4,8,11-12,15-16H,1,3,5-7,9-10H2;1H. The Bertz CT molecular complexity index is 393. The van der Waals surface area contributed by atoms with Gasteiger partial charge in [-0.05, 0) is 50.3 Å². The molecule has 3 rings (SSSR count). The Balaban J connectivity index is 0.00000133. The molecule has 1 unspecified atom stereocenters. The van der Waals surface area contributed by atoms with Crippen LogP contribution in [0, 0.1) is 5.92 Å². The van der Waals surface area contributed by atoms with Gasteiger partial charge < -0.3 is 15.2 Å². The third-order valence-corrected chi connectivity index (χ3v) is 4.32. The molecule has 2 fully saturated rings. The van der Waals surface area contributed by atoms with E-state index in [1.54, 1.807) is 0 Å². The SMILES string of the molecule is Cl.O=C(c1ccc[nH]1)N1CCC(C2CCCN2)CC1.